The second-order valence-corrected chi connectivity index (χ2v) is 4.90. The molecule has 18 heavy (non-hydrogen) atoms. The van der Waals surface area contributed by atoms with Gasteiger partial charge in [-0.3, -0.25) is 0 Å². The van der Waals surface area contributed by atoms with E-state index in [9.17, 15) is 0 Å². The molecule has 0 fully saturated rings. The van der Waals surface area contributed by atoms with E-state index in [1.165, 1.54) is 12.8 Å². The van der Waals surface area contributed by atoms with Gasteiger partial charge in [-0.05, 0) is 37.4 Å². The minimum Gasteiger partial charge on any atom is -0.494 e. The summed E-state index contributed by atoms with van der Waals surface area (Å²) in [6.45, 7) is 8.66. The summed E-state index contributed by atoms with van der Waals surface area (Å²) < 4.78 is 5.77. The fourth-order valence-electron chi connectivity index (χ4n) is 2.02. The van der Waals surface area contributed by atoms with Crippen LogP contribution in [-0.2, 0) is 0 Å². The van der Waals surface area contributed by atoms with Crippen molar-refractivity contribution in [2.24, 2.45) is 5.92 Å². The van der Waals surface area contributed by atoms with Crippen molar-refractivity contribution < 1.29 is 4.74 Å². The molecule has 0 aliphatic carbocycles. The number of hydrogen-bond donors (Lipinski definition) is 1. The molecule has 0 aromatic heterocycles. The SMILES string of the molecule is CCCNC(CCOc1ccccc1)C(C)CC. The van der Waals surface area contributed by atoms with E-state index in [1.54, 1.807) is 0 Å². The Labute approximate surface area is 112 Å². The first kappa shape index (κ1) is 15.0. The number of benzene rings is 1. The summed E-state index contributed by atoms with van der Waals surface area (Å²) in [5, 5.41) is 3.63. The zero-order valence-corrected chi connectivity index (χ0v) is 12.0. The highest BCUT2D eigenvalue weighted by molar-refractivity contribution is 5.20. The van der Waals surface area contributed by atoms with E-state index in [1.807, 2.05) is 30.3 Å². The number of nitrogens with one attached hydrogen (secondary N) is 1. The van der Waals surface area contributed by atoms with Crippen molar-refractivity contribution >= 4 is 0 Å². The Balaban J connectivity index is 2.32. The Morgan fingerprint density at radius 3 is 2.50 bits per heavy atom. The highest BCUT2D eigenvalue weighted by Gasteiger charge is 2.14. The normalized spacial score (nSPS) is 14.2. The van der Waals surface area contributed by atoms with Crippen LogP contribution < -0.4 is 10.1 Å². The van der Waals surface area contributed by atoms with Gasteiger partial charge in [0.2, 0.25) is 0 Å². The predicted octanol–water partition coefficient (Wildman–Crippen LogP) is 3.87. The molecule has 0 aliphatic rings. The van der Waals surface area contributed by atoms with Crippen molar-refractivity contribution in [3.05, 3.63) is 30.3 Å². The molecule has 2 nitrogen and oxygen atoms in total. The Morgan fingerprint density at radius 2 is 1.89 bits per heavy atom. The van der Waals surface area contributed by atoms with Gasteiger partial charge in [-0.25, -0.2) is 0 Å². The summed E-state index contributed by atoms with van der Waals surface area (Å²) in [7, 11) is 0. The molecule has 0 radical (unpaired) electrons. The molecule has 0 bridgehead atoms. The molecule has 0 spiro atoms. The van der Waals surface area contributed by atoms with Crippen LogP contribution in [0.2, 0.25) is 0 Å². The molecule has 0 amide bonds. The van der Waals surface area contributed by atoms with E-state index >= 15 is 0 Å². The second kappa shape index (κ2) is 8.98. The van der Waals surface area contributed by atoms with Crippen LogP contribution in [0.3, 0.4) is 0 Å². The third kappa shape index (κ3) is 5.54. The van der Waals surface area contributed by atoms with Crippen LogP contribution in [0, 0.1) is 5.92 Å². The van der Waals surface area contributed by atoms with E-state index in [-0.39, 0.29) is 0 Å². The van der Waals surface area contributed by atoms with Crippen molar-refractivity contribution in [1.29, 1.82) is 0 Å². The minimum absolute atomic E-state index is 0.568. The lowest BCUT2D eigenvalue weighted by Crippen LogP contribution is -2.36. The van der Waals surface area contributed by atoms with E-state index in [0.717, 1.165) is 25.3 Å². The van der Waals surface area contributed by atoms with Crippen molar-refractivity contribution in [2.45, 2.75) is 46.1 Å². The lowest BCUT2D eigenvalue weighted by molar-refractivity contribution is 0.254. The molecule has 0 aliphatic heterocycles. The molecule has 0 saturated heterocycles. The standard InChI is InChI=1S/C16H27NO/c1-4-12-17-16(14(3)5-2)11-13-18-15-9-7-6-8-10-15/h6-10,14,16-17H,4-5,11-13H2,1-3H3. The first-order chi connectivity index (χ1) is 8.77. The van der Waals surface area contributed by atoms with Crippen LogP contribution in [0.4, 0.5) is 0 Å². The molecular formula is C16H27NO. The van der Waals surface area contributed by atoms with Crippen molar-refractivity contribution in [3.63, 3.8) is 0 Å². The summed E-state index contributed by atoms with van der Waals surface area (Å²) >= 11 is 0. The van der Waals surface area contributed by atoms with Gasteiger partial charge in [-0.2, -0.15) is 0 Å². The smallest absolute Gasteiger partial charge is 0.119 e. The van der Waals surface area contributed by atoms with Gasteiger partial charge in [-0.1, -0.05) is 45.4 Å². The van der Waals surface area contributed by atoms with Gasteiger partial charge >= 0.3 is 0 Å². The molecule has 2 atom stereocenters. The van der Waals surface area contributed by atoms with Gasteiger partial charge in [0.25, 0.3) is 0 Å². The quantitative estimate of drug-likeness (QED) is 0.717. The number of ether oxygens (including phenoxy) is 1. The topological polar surface area (TPSA) is 21.3 Å². The maximum absolute atomic E-state index is 5.77. The Kier molecular flexibility index (Phi) is 7.51. The van der Waals surface area contributed by atoms with Crippen molar-refractivity contribution in [3.8, 4) is 5.75 Å². The first-order valence-corrected chi connectivity index (χ1v) is 7.19. The van der Waals surface area contributed by atoms with Gasteiger partial charge in [-0.15, -0.1) is 0 Å². The molecule has 1 rings (SSSR count). The molecule has 1 aromatic carbocycles. The Bertz CT molecular complexity index is 299. The van der Waals surface area contributed by atoms with E-state index < -0.39 is 0 Å². The minimum atomic E-state index is 0.568. The number of para-hydroxylation sites is 1. The molecule has 1 N–H and O–H groups in total. The van der Waals surface area contributed by atoms with Crippen LogP contribution in [0.15, 0.2) is 30.3 Å². The van der Waals surface area contributed by atoms with Crippen molar-refractivity contribution in [2.75, 3.05) is 13.2 Å². The molecule has 1 aromatic rings. The van der Waals surface area contributed by atoms with E-state index in [4.69, 9.17) is 4.74 Å². The van der Waals surface area contributed by atoms with Crippen LogP contribution in [0.5, 0.6) is 5.75 Å². The van der Waals surface area contributed by atoms with Crippen molar-refractivity contribution in [1.82, 2.24) is 5.32 Å². The molecule has 2 unspecified atom stereocenters. The monoisotopic (exact) mass is 249 g/mol. The predicted molar refractivity (Wildman–Crippen MR) is 78.1 cm³/mol. The number of rotatable bonds is 9. The Hall–Kier alpha value is -1.02. The largest absolute Gasteiger partial charge is 0.494 e. The average molecular weight is 249 g/mol. The van der Waals surface area contributed by atoms with E-state index in [0.29, 0.717) is 12.0 Å². The molecule has 2 heteroatoms. The van der Waals surface area contributed by atoms with Gasteiger partial charge in [0, 0.05) is 6.04 Å². The van der Waals surface area contributed by atoms with Gasteiger partial charge in [0.15, 0.2) is 0 Å². The summed E-state index contributed by atoms with van der Waals surface area (Å²) in [6, 6.07) is 10.6. The third-order valence-corrected chi connectivity index (χ3v) is 3.43. The third-order valence-electron chi connectivity index (χ3n) is 3.43. The fraction of sp³-hybridized carbons (Fsp3) is 0.625. The Morgan fingerprint density at radius 1 is 1.17 bits per heavy atom. The molecule has 102 valence electrons. The zero-order valence-electron chi connectivity index (χ0n) is 12.0. The van der Waals surface area contributed by atoms with Crippen LogP contribution >= 0.6 is 0 Å². The molecule has 0 saturated carbocycles. The van der Waals surface area contributed by atoms with E-state index in [2.05, 4.69) is 26.1 Å². The van der Waals surface area contributed by atoms with Crippen LogP contribution in [0.25, 0.3) is 0 Å². The summed E-state index contributed by atoms with van der Waals surface area (Å²) in [6.07, 6.45) is 3.48. The van der Waals surface area contributed by atoms with Gasteiger partial charge in [0.05, 0.1) is 6.61 Å². The maximum atomic E-state index is 5.77. The highest BCUT2D eigenvalue weighted by atomic mass is 16.5. The van der Waals surface area contributed by atoms with Gasteiger partial charge < -0.3 is 10.1 Å². The van der Waals surface area contributed by atoms with Gasteiger partial charge in [0.1, 0.15) is 5.75 Å². The summed E-state index contributed by atoms with van der Waals surface area (Å²) in [5.41, 5.74) is 0. The second-order valence-electron chi connectivity index (χ2n) is 4.90. The maximum Gasteiger partial charge on any atom is 0.119 e. The lowest BCUT2D eigenvalue weighted by atomic mass is 9.96. The van der Waals surface area contributed by atoms with Crippen LogP contribution in [-0.4, -0.2) is 19.2 Å². The number of hydrogen-bond acceptors (Lipinski definition) is 2. The fourth-order valence-corrected chi connectivity index (χ4v) is 2.02. The summed E-state index contributed by atoms with van der Waals surface area (Å²) in [4.78, 5) is 0. The zero-order chi connectivity index (χ0) is 13.2. The lowest BCUT2D eigenvalue weighted by Gasteiger charge is -2.24. The molecule has 0 heterocycles. The average Bonchev–Trinajstić information content (AvgIpc) is 2.43. The summed E-state index contributed by atoms with van der Waals surface area (Å²) in [5.74, 6) is 1.67. The molecular weight excluding hydrogens is 222 g/mol. The van der Waals surface area contributed by atoms with Crippen LogP contribution in [0.1, 0.15) is 40.0 Å². The highest BCUT2D eigenvalue weighted by Crippen LogP contribution is 2.13. The first-order valence-electron chi connectivity index (χ1n) is 7.19.